The smallest absolute Gasteiger partial charge is 0.176 e. The van der Waals surface area contributed by atoms with E-state index in [0.717, 1.165) is 16.5 Å². The van der Waals surface area contributed by atoms with Crippen molar-refractivity contribution in [1.29, 1.82) is 0 Å². The lowest BCUT2D eigenvalue weighted by molar-refractivity contribution is 0.248. The molecule has 0 unspecified atom stereocenters. The number of hydrogen-bond acceptors (Lipinski definition) is 5. The Labute approximate surface area is 120 Å². The zero-order valence-corrected chi connectivity index (χ0v) is 12.1. The fraction of sp³-hybridized carbons (Fsp3) is 0.286. The van der Waals surface area contributed by atoms with Gasteiger partial charge in [0.15, 0.2) is 11.6 Å². The number of aromatic nitrogens is 3. The third-order valence-corrected chi connectivity index (χ3v) is 3.98. The van der Waals surface area contributed by atoms with E-state index in [9.17, 15) is 0 Å². The molecule has 0 aromatic carbocycles. The average Bonchev–Trinajstić information content (AvgIpc) is 3.17. The summed E-state index contributed by atoms with van der Waals surface area (Å²) in [6, 6.07) is 3.66. The summed E-state index contributed by atoms with van der Waals surface area (Å²) in [5, 5.41) is 12.2. The zero-order valence-electron chi connectivity index (χ0n) is 11.3. The van der Waals surface area contributed by atoms with Crippen molar-refractivity contribution < 1.29 is 9.52 Å². The standard InChI is InChI=1S/C14H15N3O2S/c1-9(12-8-20-10(2)16-12)17-6-5-15-14(17)13-4-3-11(7-18)19-13/h3-6,8-9,18H,7H2,1-2H3/t9-/m1/s1. The van der Waals surface area contributed by atoms with Gasteiger partial charge in [0.1, 0.15) is 12.4 Å². The second-order valence-corrected chi connectivity index (χ2v) is 5.61. The molecule has 3 aromatic heterocycles. The summed E-state index contributed by atoms with van der Waals surface area (Å²) in [5.41, 5.74) is 1.01. The van der Waals surface area contributed by atoms with Crippen molar-refractivity contribution in [1.82, 2.24) is 14.5 Å². The molecule has 3 rings (SSSR count). The van der Waals surface area contributed by atoms with Crippen molar-refractivity contribution >= 4 is 11.3 Å². The van der Waals surface area contributed by atoms with Crippen LogP contribution in [0.25, 0.3) is 11.6 Å². The van der Waals surface area contributed by atoms with Crippen molar-refractivity contribution in [2.45, 2.75) is 26.5 Å². The molecule has 0 radical (unpaired) electrons. The number of imidazole rings is 1. The van der Waals surface area contributed by atoms with Gasteiger partial charge in [0.05, 0.1) is 16.7 Å². The molecule has 0 saturated carbocycles. The summed E-state index contributed by atoms with van der Waals surface area (Å²) in [6.45, 7) is 3.97. The van der Waals surface area contributed by atoms with Crippen molar-refractivity contribution in [2.24, 2.45) is 0 Å². The Bertz CT molecular complexity index is 713. The Morgan fingerprint density at radius 2 is 2.30 bits per heavy atom. The number of furan rings is 1. The Balaban J connectivity index is 1.97. The van der Waals surface area contributed by atoms with E-state index in [1.807, 2.05) is 23.8 Å². The van der Waals surface area contributed by atoms with Crippen LogP contribution >= 0.6 is 11.3 Å². The van der Waals surface area contributed by atoms with Crippen molar-refractivity contribution in [2.75, 3.05) is 0 Å². The second-order valence-electron chi connectivity index (χ2n) is 4.55. The highest BCUT2D eigenvalue weighted by Gasteiger charge is 2.17. The summed E-state index contributed by atoms with van der Waals surface area (Å²) < 4.78 is 7.58. The van der Waals surface area contributed by atoms with E-state index in [-0.39, 0.29) is 12.6 Å². The predicted molar refractivity (Wildman–Crippen MR) is 76.5 cm³/mol. The molecule has 3 heterocycles. The van der Waals surface area contributed by atoms with Gasteiger partial charge in [0.25, 0.3) is 0 Å². The van der Waals surface area contributed by atoms with Gasteiger partial charge >= 0.3 is 0 Å². The van der Waals surface area contributed by atoms with Crippen LogP contribution in [-0.4, -0.2) is 19.6 Å². The van der Waals surface area contributed by atoms with E-state index in [1.165, 1.54) is 0 Å². The van der Waals surface area contributed by atoms with Crippen molar-refractivity contribution in [3.05, 3.63) is 46.4 Å². The van der Waals surface area contributed by atoms with Gasteiger partial charge in [-0.15, -0.1) is 11.3 Å². The Hall–Kier alpha value is -1.92. The van der Waals surface area contributed by atoms with Gasteiger partial charge in [0.2, 0.25) is 0 Å². The fourth-order valence-electron chi connectivity index (χ4n) is 2.11. The number of hydrogen-bond donors (Lipinski definition) is 1. The van der Waals surface area contributed by atoms with E-state index >= 15 is 0 Å². The van der Waals surface area contributed by atoms with Gasteiger partial charge in [-0.3, -0.25) is 0 Å². The summed E-state index contributed by atoms with van der Waals surface area (Å²) in [7, 11) is 0. The number of thiazole rings is 1. The number of aryl methyl sites for hydroxylation is 1. The zero-order chi connectivity index (χ0) is 14.1. The minimum Gasteiger partial charge on any atom is -0.455 e. The molecule has 0 aliphatic carbocycles. The summed E-state index contributed by atoms with van der Waals surface area (Å²) in [4.78, 5) is 8.87. The van der Waals surface area contributed by atoms with Crippen LogP contribution in [0.2, 0.25) is 0 Å². The maximum atomic E-state index is 9.08. The molecule has 5 nitrogen and oxygen atoms in total. The second kappa shape index (κ2) is 5.22. The molecule has 104 valence electrons. The Kier molecular flexibility index (Phi) is 3.42. The highest BCUT2D eigenvalue weighted by molar-refractivity contribution is 7.09. The molecule has 0 bridgehead atoms. The van der Waals surface area contributed by atoms with Gasteiger partial charge in [-0.25, -0.2) is 9.97 Å². The lowest BCUT2D eigenvalue weighted by Crippen LogP contribution is -2.07. The maximum Gasteiger partial charge on any atom is 0.176 e. The average molecular weight is 289 g/mol. The van der Waals surface area contributed by atoms with Crippen LogP contribution < -0.4 is 0 Å². The van der Waals surface area contributed by atoms with Gasteiger partial charge in [0, 0.05) is 17.8 Å². The first-order chi connectivity index (χ1) is 9.69. The summed E-state index contributed by atoms with van der Waals surface area (Å²) in [6.07, 6.45) is 3.65. The SMILES string of the molecule is Cc1nc([C@@H](C)n2ccnc2-c2ccc(CO)o2)cs1. The monoisotopic (exact) mass is 289 g/mol. The fourth-order valence-corrected chi connectivity index (χ4v) is 2.81. The van der Waals surface area contributed by atoms with Crippen LogP contribution in [-0.2, 0) is 6.61 Å². The molecule has 0 spiro atoms. The molecule has 3 aromatic rings. The molecule has 6 heteroatoms. The van der Waals surface area contributed by atoms with Crippen molar-refractivity contribution in [3.8, 4) is 11.6 Å². The number of rotatable bonds is 4. The van der Waals surface area contributed by atoms with E-state index in [4.69, 9.17) is 9.52 Å². The van der Waals surface area contributed by atoms with Crippen LogP contribution in [0.3, 0.4) is 0 Å². The summed E-state index contributed by atoms with van der Waals surface area (Å²) >= 11 is 1.64. The predicted octanol–water partition coefficient (Wildman–Crippen LogP) is 3.01. The summed E-state index contributed by atoms with van der Waals surface area (Å²) in [5.74, 6) is 1.92. The molecule has 1 atom stereocenters. The van der Waals surface area contributed by atoms with Crippen molar-refractivity contribution in [3.63, 3.8) is 0 Å². The molecular weight excluding hydrogens is 274 g/mol. The van der Waals surface area contributed by atoms with Crippen LogP contribution in [0, 0.1) is 6.92 Å². The van der Waals surface area contributed by atoms with Gasteiger partial charge < -0.3 is 14.1 Å². The van der Waals surface area contributed by atoms with E-state index < -0.39 is 0 Å². The Morgan fingerprint density at radius 1 is 1.45 bits per heavy atom. The van der Waals surface area contributed by atoms with Gasteiger partial charge in [-0.05, 0) is 26.0 Å². The van der Waals surface area contributed by atoms with Gasteiger partial charge in [-0.2, -0.15) is 0 Å². The third kappa shape index (κ3) is 2.28. The molecule has 0 aliphatic heterocycles. The number of aliphatic hydroxyl groups is 1. The van der Waals surface area contributed by atoms with E-state index in [0.29, 0.717) is 11.5 Å². The van der Waals surface area contributed by atoms with Crippen LogP contribution in [0.15, 0.2) is 34.3 Å². The third-order valence-electron chi connectivity index (χ3n) is 3.19. The molecular formula is C14H15N3O2S. The topological polar surface area (TPSA) is 64.1 Å². The van der Waals surface area contributed by atoms with Gasteiger partial charge in [-0.1, -0.05) is 0 Å². The first kappa shape index (κ1) is 13.1. The quantitative estimate of drug-likeness (QED) is 0.802. The van der Waals surface area contributed by atoms with E-state index in [1.54, 1.807) is 23.6 Å². The van der Waals surface area contributed by atoms with Crippen LogP contribution in [0.1, 0.15) is 29.4 Å². The molecule has 0 aliphatic rings. The minimum absolute atomic E-state index is 0.0835. The molecule has 1 N–H and O–H groups in total. The normalized spacial score (nSPS) is 12.8. The van der Waals surface area contributed by atoms with E-state index in [2.05, 4.69) is 22.3 Å². The Morgan fingerprint density at radius 3 is 2.95 bits per heavy atom. The molecule has 20 heavy (non-hydrogen) atoms. The minimum atomic E-state index is -0.110. The largest absolute Gasteiger partial charge is 0.455 e. The molecule has 0 fully saturated rings. The highest BCUT2D eigenvalue weighted by Crippen LogP contribution is 2.27. The first-order valence-corrected chi connectivity index (χ1v) is 7.22. The lowest BCUT2D eigenvalue weighted by Gasteiger charge is -2.13. The molecule has 0 saturated heterocycles. The highest BCUT2D eigenvalue weighted by atomic mass is 32.1. The lowest BCUT2D eigenvalue weighted by atomic mass is 10.2. The maximum absolute atomic E-state index is 9.08. The number of aliphatic hydroxyl groups excluding tert-OH is 1. The van der Waals surface area contributed by atoms with Crippen LogP contribution in [0.5, 0.6) is 0 Å². The molecule has 0 amide bonds. The number of nitrogens with zero attached hydrogens (tertiary/aromatic N) is 3. The first-order valence-electron chi connectivity index (χ1n) is 6.34. The van der Waals surface area contributed by atoms with Crippen LogP contribution in [0.4, 0.5) is 0 Å².